The summed E-state index contributed by atoms with van der Waals surface area (Å²) in [5, 5.41) is 10.8. The summed E-state index contributed by atoms with van der Waals surface area (Å²) < 4.78 is 13.1. The molecule has 0 N–H and O–H groups in total. The van der Waals surface area contributed by atoms with Gasteiger partial charge in [0.05, 0.1) is 6.54 Å². The molecular weight excluding hydrogens is 354 g/mol. The van der Waals surface area contributed by atoms with E-state index in [1.165, 1.54) is 6.20 Å². The minimum atomic E-state index is -0.522. The monoisotopic (exact) mass is 381 g/mol. The van der Waals surface area contributed by atoms with Gasteiger partial charge in [-0.1, -0.05) is 0 Å². The van der Waals surface area contributed by atoms with Crippen molar-refractivity contribution in [3.63, 3.8) is 0 Å². The van der Waals surface area contributed by atoms with Crippen molar-refractivity contribution >= 4 is 11.9 Å². The van der Waals surface area contributed by atoms with E-state index in [1.807, 2.05) is 27.7 Å². The highest BCUT2D eigenvalue weighted by Gasteiger charge is 2.41. The average molecular weight is 381 g/mol. The van der Waals surface area contributed by atoms with E-state index in [9.17, 15) is 14.9 Å². The van der Waals surface area contributed by atoms with Gasteiger partial charge in [-0.15, -0.1) is 0 Å². The van der Waals surface area contributed by atoms with Crippen LogP contribution in [-0.4, -0.2) is 74.3 Å². The maximum absolute atomic E-state index is 12.3. The molecule has 0 spiro atoms. The third-order valence-electron chi connectivity index (χ3n) is 4.56. The number of ether oxygens (including phenoxy) is 2. The smallest absolute Gasteiger partial charge is 0.415 e. The molecule has 0 aliphatic carbocycles. The quantitative estimate of drug-likeness (QED) is 0.582. The lowest BCUT2D eigenvalue weighted by molar-refractivity contribution is -0.389. The molecule has 3 rings (SSSR count). The van der Waals surface area contributed by atoms with E-state index in [0.717, 1.165) is 19.5 Å². The van der Waals surface area contributed by atoms with Gasteiger partial charge >= 0.3 is 17.9 Å². The van der Waals surface area contributed by atoms with Gasteiger partial charge in [0.15, 0.2) is 0 Å². The average Bonchev–Trinajstić information content (AvgIpc) is 2.92. The van der Waals surface area contributed by atoms with Crippen molar-refractivity contribution in [3.8, 4) is 6.01 Å². The van der Waals surface area contributed by atoms with E-state index >= 15 is 0 Å². The summed E-state index contributed by atoms with van der Waals surface area (Å²) >= 11 is 0. The second-order valence-corrected chi connectivity index (χ2v) is 8.42. The van der Waals surface area contributed by atoms with E-state index in [4.69, 9.17) is 9.47 Å². The number of carbonyl (C=O) groups is 1. The SMILES string of the molecule is CC(C)(C)OC(=O)N1CCCN(CC2(C)Cn3cc([N+](=O)[O-])nc3O2)CC1. The summed E-state index contributed by atoms with van der Waals surface area (Å²) in [7, 11) is 0. The number of nitrogens with zero attached hydrogens (tertiary/aromatic N) is 5. The fourth-order valence-corrected chi connectivity index (χ4v) is 3.47. The Labute approximate surface area is 158 Å². The second kappa shape index (κ2) is 6.99. The number of aromatic nitrogens is 2. The van der Waals surface area contributed by atoms with Gasteiger partial charge in [-0.05, 0) is 39.0 Å². The summed E-state index contributed by atoms with van der Waals surface area (Å²) in [4.78, 5) is 30.5. The largest absolute Gasteiger partial charge is 0.444 e. The first-order valence-corrected chi connectivity index (χ1v) is 9.16. The third-order valence-corrected chi connectivity index (χ3v) is 4.56. The predicted molar refractivity (Wildman–Crippen MR) is 96.8 cm³/mol. The first-order chi connectivity index (χ1) is 12.5. The molecule has 1 aromatic heterocycles. The van der Waals surface area contributed by atoms with E-state index in [2.05, 4.69) is 9.88 Å². The molecule has 1 unspecified atom stereocenters. The number of rotatable bonds is 3. The van der Waals surface area contributed by atoms with Crippen LogP contribution in [0.1, 0.15) is 34.1 Å². The zero-order valence-electron chi connectivity index (χ0n) is 16.3. The van der Waals surface area contributed by atoms with Crippen molar-refractivity contribution in [1.29, 1.82) is 0 Å². The molecule has 0 aromatic carbocycles. The van der Waals surface area contributed by atoms with Gasteiger partial charge < -0.3 is 24.5 Å². The Balaban J connectivity index is 1.55. The van der Waals surface area contributed by atoms with E-state index < -0.39 is 16.1 Å². The molecule has 0 radical (unpaired) electrons. The molecule has 10 nitrogen and oxygen atoms in total. The van der Waals surface area contributed by atoms with Crippen molar-refractivity contribution in [2.45, 2.75) is 51.9 Å². The fourth-order valence-electron chi connectivity index (χ4n) is 3.47. The van der Waals surface area contributed by atoms with Crippen LogP contribution in [0.2, 0.25) is 0 Å². The Morgan fingerprint density at radius 2 is 2.11 bits per heavy atom. The summed E-state index contributed by atoms with van der Waals surface area (Å²) in [5.41, 5.74) is -1.00. The van der Waals surface area contributed by atoms with Crippen LogP contribution in [0.15, 0.2) is 6.20 Å². The predicted octanol–water partition coefficient (Wildman–Crippen LogP) is 1.89. The zero-order valence-corrected chi connectivity index (χ0v) is 16.3. The zero-order chi connectivity index (χ0) is 19.8. The van der Waals surface area contributed by atoms with Crippen LogP contribution in [0.4, 0.5) is 10.6 Å². The van der Waals surface area contributed by atoms with Crippen LogP contribution in [0.3, 0.4) is 0 Å². The van der Waals surface area contributed by atoms with Gasteiger partial charge in [0, 0.05) is 37.7 Å². The molecule has 2 aliphatic heterocycles. The van der Waals surface area contributed by atoms with Gasteiger partial charge in [0.2, 0.25) is 0 Å². The molecule has 10 heteroatoms. The molecule has 2 aliphatic rings. The van der Waals surface area contributed by atoms with E-state index in [0.29, 0.717) is 26.2 Å². The van der Waals surface area contributed by atoms with E-state index in [-0.39, 0.29) is 17.9 Å². The molecule has 1 atom stereocenters. The normalized spacial score (nSPS) is 23.5. The molecule has 0 bridgehead atoms. The molecule has 1 amide bonds. The number of hydrogen-bond donors (Lipinski definition) is 0. The molecule has 150 valence electrons. The number of hydrogen-bond acceptors (Lipinski definition) is 7. The third kappa shape index (κ3) is 4.68. The second-order valence-electron chi connectivity index (χ2n) is 8.42. The van der Waals surface area contributed by atoms with Crippen molar-refractivity contribution in [2.75, 3.05) is 32.7 Å². The number of nitro groups is 1. The Hall–Kier alpha value is -2.36. The maximum Gasteiger partial charge on any atom is 0.415 e. The summed E-state index contributed by atoms with van der Waals surface area (Å²) in [6.45, 7) is 11.6. The van der Waals surface area contributed by atoms with Crippen molar-refractivity contribution in [1.82, 2.24) is 19.4 Å². The highest BCUT2D eigenvalue weighted by atomic mass is 16.6. The standard InChI is InChI=1S/C17H27N5O5/c1-16(2,3)27-15(23)20-7-5-6-19(8-9-20)11-17(4)12-21-10-13(22(24)25)18-14(21)26-17/h10H,5-9,11-12H2,1-4H3. The maximum atomic E-state index is 12.3. The molecule has 1 fully saturated rings. The Morgan fingerprint density at radius 3 is 2.74 bits per heavy atom. The van der Waals surface area contributed by atoms with Crippen molar-refractivity contribution in [3.05, 3.63) is 16.3 Å². The van der Waals surface area contributed by atoms with Gasteiger partial charge in [-0.2, -0.15) is 0 Å². The molecule has 0 saturated carbocycles. The number of amides is 1. The van der Waals surface area contributed by atoms with Crippen LogP contribution in [0, 0.1) is 10.1 Å². The molecule has 27 heavy (non-hydrogen) atoms. The van der Waals surface area contributed by atoms with Gasteiger partial charge in [0.25, 0.3) is 0 Å². The lowest BCUT2D eigenvalue weighted by atomic mass is 10.1. The van der Waals surface area contributed by atoms with Crippen molar-refractivity contribution in [2.24, 2.45) is 0 Å². The van der Waals surface area contributed by atoms with Crippen molar-refractivity contribution < 1.29 is 19.2 Å². The number of imidazole rings is 1. The number of carbonyl (C=O) groups excluding carboxylic acids is 1. The highest BCUT2D eigenvalue weighted by molar-refractivity contribution is 5.68. The summed E-state index contributed by atoms with van der Waals surface area (Å²) in [5.74, 6) is -0.199. The minimum Gasteiger partial charge on any atom is -0.444 e. The van der Waals surface area contributed by atoms with Crippen LogP contribution in [-0.2, 0) is 11.3 Å². The molecule has 3 heterocycles. The topological polar surface area (TPSA) is 103 Å². The minimum absolute atomic E-state index is 0.199. The summed E-state index contributed by atoms with van der Waals surface area (Å²) in [6, 6.07) is 0.286. The first-order valence-electron chi connectivity index (χ1n) is 9.16. The Kier molecular flexibility index (Phi) is 5.02. The van der Waals surface area contributed by atoms with E-state index in [1.54, 1.807) is 9.47 Å². The molecule has 1 aromatic rings. The van der Waals surface area contributed by atoms with Crippen LogP contribution < -0.4 is 4.74 Å². The lowest BCUT2D eigenvalue weighted by Gasteiger charge is -2.30. The molecular formula is C17H27N5O5. The first kappa shape index (κ1) is 19.4. The Bertz CT molecular complexity index is 702. The fraction of sp³-hybridized carbons (Fsp3) is 0.765. The van der Waals surface area contributed by atoms with Gasteiger partial charge in [0.1, 0.15) is 17.4 Å². The Morgan fingerprint density at radius 1 is 1.37 bits per heavy atom. The molecule has 1 saturated heterocycles. The lowest BCUT2D eigenvalue weighted by Crippen LogP contribution is -2.46. The summed E-state index contributed by atoms with van der Waals surface area (Å²) in [6.07, 6.45) is 1.98. The van der Waals surface area contributed by atoms with Crippen LogP contribution >= 0.6 is 0 Å². The van der Waals surface area contributed by atoms with Crippen LogP contribution in [0.5, 0.6) is 6.01 Å². The van der Waals surface area contributed by atoms with Crippen LogP contribution in [0.25, 0.3) is 0 Å². The number of fused-ring (bicyclic) bond motifs is 1. The van der Waals surface area contributed by atoms with Gasteiger partial charge in [-0.3, -0.25) is 9.47 Å². The highest BCUT2D eigenvalue weighted by Crippen LogP contribution is 2.31. The van der Waals surface area contributed by atoms with Gasteiger partial charge in [-0.25, -0.2) is 4.79 Å².